The van der Waals surface area contributed by atoms with Crippen molar-refractivity contribution >= 4 is 6.09 Å². The van der Waals surface area contributed by atoms with Crippen LogP contribution in [0.5, 0.6) is 0 Å². The monoisotopic (exact) mass is 299 g/mol. The summed E-state index contributed by atoms with van der Waals surface area (Å²) in [6, 6.07) is 1.86. The number of nitriles is 1. The first-order valence-electron chi connectivity index (χ1n) is 7.42. The van der Waals surface area contributed by atoms with E-state index < -0.39 is 11.7 Å². The summed E-state index contributed by atoms with van der Waals surface area (Å²) in [5.41, 5.74) is -0.536. The highest BCUT2D eigenvalue weighted by Gasteiger charge is 2.25. The van der Waals surface area contributed by atoms with Gasteiger partial charge in [-0.15, -0.1) is 0 Å². The Hall–Kier alpha value is -1.32. The molecule has 3 N–H and O–H groups in total. The number of aliphatic hydroxyl groups excluding tert-OH is 1. The highest BCUT2D eigenvalue weighted by Crippen LogP contribution is 2.15. The summed E-state index contributed by atoms with van der Waals surface area (Å²) in [5, 5.41) is 23.9. The van der Waals surface area contributed by atoms with Crippen molar-refractivity contribution in [2.45, 2.75) is 52.7 Å². The van der Waals surface area contributed by atoms with Crippen LogP contribution in [0.25, 0.3) is 0 Å². The molecule has 0 saturated heterocycles. The number of carbonyl (C=O) groups is 1. The molecule has 0 aliphatic heterocycles. The molecule has 0 heterocycles. The summed E-state index contributed by atoms with van der Waals surface area (Å²) in [4.78, 5) is 11.7. The lowest BCUT2D eigenvalue weighted by molar-refractivity contribution is 0.0512. The summed E-state index contributed by atoms with van der Waals surface area (Å²) in [6.45, 7) is 10.5. The number of amides is 1. The second-order valence-electron chi connectivity index (χ2n) is 6.43. The fourth-order valence-electron chi connectivity index (χ4n) is 1.88. The topological polar surface area (TPSA) is 94.4 Å². The van der Waals surface area contributed by atoms with Gasteiger partial charge in [-0.2, -0.15) is 5.26 Å². The first-order chi connectivity index (χ1) is 9.71. The molecular formula is C15H29N3O3. The minimum absolute atomic E-state index is 0.0267. The van der Waals surface area contributed by atoms with E-state index in [-0.39, 0.29) is 24.5 Å². The fourth-order valence-corrected chi connectivity index (χ4v) is 1.88. The maximum absolute atomic E-state index is 11.7. The third-order valence-electron chi connectivity index (χ3n) is 3.00. The summed E-state index contributed by atoms with van der Waals surface area (Å²) in [5.74, 6) is 0.201. The van der Waals surface area contributed by atoms with Gasteiger partial charge in [0, 0.05) is 19.1 Å². The van der Waals surface area contributed by atoms with Crippen LogP contribution in [0, 0.1) is 23.2 Å². The quantitative estimate of drug-likeness (QED) is 0.592. The van der Waals surface area contributed by atoms with Crippen LogP contribution >= 0.6 is 0 Å². The molecule has 1 amide bonds. The Balaban J connectivity index is 4.47. The third-order valence-corrected chi connectivity index (χ3v) is 3.00. The van der Waals surface area contributed by atoms with E-state index in [0.29, 0.717) is 19.5 Å². The van der Waals surface area contributed by atoms with E-state index in [1.807, 2.05) is 13.8 Å². The molecule has 0 aliphatic rings. The summed E-state index contributed by atoms with van der Waals surface area (Å²) >= 11 is 0. The highest BCUT2D eigenvalue weighted by molar-refractivity contribution is 5.67. The molecule has 6 nitrogen and oxygen atoms in total. The van der Waals surface area contributed by atoms with E-state index in [4.69, 9.17) is 9.84 Å². The van der Waals surface area contributed by atoms with Gasteiger partial charge in [0.25, 0.3) is 0 Å². The Morgan fingerprint density at radius 3 is 2.43 bits per heavy atom. The first kappa shape index (κ1) is 19.7. The standard InChI is InChI=1S/C15H29N3O3/c1-11(2)12(13(9-16)17-7-6-8-19)10-18-14(20)21-15(3,4)5/h11-13,17,19H,6-8,10H2,1-5H3,(H,18,20). The minimum Gasteiger partial charge on any atom is -0.444 e. The van der Waals surface area contributed by atoms with E-state index in [9.17, 15) is 10.1 Å². The second kappa shape index (κ2) is 9.59. The Labute approximate surface area is 127 Å². The number of aliphatic hydroxyl groups is 1. The average molecular weight is 299 g/mol. The lowest BCUT2D eigenvalue weighted by atomic mass is 9.89. The number of hydrogen-bond donors (Lipinski definition) is 3. The van der Waals surface area contributed by atoms with Gasteiger partial charge in [-0.05, 0) is 39.7 Å². The fraction of sp³-hybridized carbons (Fsp3) is 0.867. The van der Waals surface area contributed by atoms with Crippen molar-refractivity contribution in [3.05, 3.63) is 0 Å². The van der Waals surface area contributed by atoms with Gasteiger partial charge in [0.1, 0.15) is 11.6 Å². The smallest absolute Gasteiger partial charge is 0.407 e. The van der Waals surface area contributed by atoms with Crippen LogP contribution in [0.1, 0.15) is 41.0 Å². The number of nitrogens with zero attached hydrogens (tertiary/aromatic N) is 1. The molecule has 6 heteroatoms. The summed E-state index contributed by atoms with van der Waals surface area (Å²) in [6.07, 6.45) is 0.128. The van der Waals surface area contributed by atoms with Gasteiger partial charge in [-0.3, -0.25) is 0 Å². The van der Waals surface area contributed by atoms with Crippen molar-refractivity contribution in [2.75, 3.05) is 19.7 Å². The molecule has 0 aromatic carbocycles. The summed E-state index contributed by atoms with van der Waals surface area (Å²) < 4.78 is 5.19. The van der Waals surface area contributed by atoms with Crippen LogP contribution in [0.15, 0.2) is 0 Å². The molecular weight excluding hydrogens is 270 g/mol. The average Bonchev–Trinajstić information content (AvgIpc) is 2.34. The van der Waals surface area contributed by atoms with Crippen LogP contribution in [-0.2, 0) is 4.74 Å². The van der Waals surface area contributed by atoms with Gasteiger partial charge in [0.2, 0.25) is 0 Å². The Bertz CT molecular complexity index is 345. The number of rotatable bonds is 8. The second-order valence-corrected chi connectivity index (χ2v) is 6.43. The molecule has 0 rings (SSSR count). The maximum atomic E-state index is 11.7. The molecule has 0 aliphatic carbocycles. The predicted molar refractivity (Wildman–Crippen MR) is 81.7 cm³/mol. The predicted octanol–water partition coefficient (Wildman–Crippen LogP) is 1.65. The number of carbonyl (C=O) groups excluding carboxylic acids is 1. The van der Waals surface area contributed by atoms with E-state index in [0.717, 1.165) is 0 Å². The van der Waals surface area contributed by atoms with Crippen LogP contribution in [0.2, 0.25) is 0 Å². The lowest BCUT2D eigenvalue weighted by Crippen LogP contribution is -2.45. The molecule has 122 valence electrons. The van der Waals surface area contributed by atoms with Gasteiger partial charge >= 0.3 is 6.09 Å². The molecule has 0 radical (unpaired) electrons. The van der Waals surface area contributed by atoms with Crippen molar-refractivity contribution in [3.8, 4) is 6.07 Å². The molecule has 0 saturated carbocycles. The van der Waals surface area contributed by atoms with Gasteiger partial charge in [-0.25, -0.2) is 4.79 Å². The van der Waals surface area contributed by atoms with Crippen molar-refractivity contribution in [1.82, 2.24) is 10.6 Å². The van der Waals surface area contributed by atoms with Crippen LogP contribution < -0.4 is 10.6 Å². The number of alkyl carbamates (subject to hydrolysis) is 1. The van der Waals surface area contributed by atoms with Gasteiger partial charge < -0.3 is 20.5 Å². The largest absolute Gasteiger partial charge is 0.444 e. The van der Waals surface area contributed by atoms with Gasteiger partial charge in [0.15, 0.2) is 0 Å². The van der Waals surface area contributed by atoms with Crippen LogP contribution in [-0.4, -0.2) is 42.5 Å². The van der Waals surface area contributed by atoms with E-state index >= 15 is 0 Å². The van der Waals surface area contributed by atoms with E-state index in [1.165, 1.54) is 0 Å². The van der Waals surface area contributed by atoms with E-state index in [1.54, 1.807) is 20.8 Å². The normalized spacial score (nSPS) is 14.4. The molecule has 21 heavy (non-hydrogen) atoms. The van der Waals surface area contributed by atoms with Crippen molar-refractivity contribution < 1.29 is 14.6 Å². The SMILES string of the molecule is CC(C)C(CNC(=O)OC(C)(C)C)C(C#N)NCCCO. The number of hydrogen-bond acceptors (Lipinski definition) is 5. The highest BCUT2D eigenvalue weighted by atomic mass is 16.6. The van der Waals surface area contributed by atoms with Gasteiger partial charge in [0.05, 0.1) is 6.07 Å². The minimum atomic E-state index is -0.536. The Morgan fingerprint density at radius 1 is 1.38 bits per heavy atom. The molecule has 0 fully saturated rings. The molecule has 0 spiro atoms. The molecule has 0 aromatic heterocycles. The third kappa shape index (κ3) is 9.27. The number of nitrogens with one attached hydrogen (secondary N) is 2. The van der Waals surface area contributed by atoms with Crippen molar-refractivity contribution in [2.24, 2.45) is 11.8 Å². The Kier molecular flexibility index (Phi) is 8.98. The molecule has 0 aromatic rings. The Morgan fingerprint density at radius 2 is 2.00 bits per heavy atom. The summed E-state index contributed by atoms with van der Waals surface area (Å²) in [7, 11) is 0. The lowest BCUT2D eigenvalue weighted by Gasteiger charge is -2.27. The molecule has 2 atom stereocenters. The first-order valence-corrected chi connectivity index (χ1v) is 7.42. The van der Waals surface area contributed by atoms with Crippen LogP contribution in [0.3, 0.4) is 0 Å². The number of ether oxygens (including phenoxy) is 1. The van der Waals surface area contributed by atoms with Crippen molar-refractivity contribution in [1.29, 1.82) is 5.26 Å². The van der Waals surface area contributed by atoms with Gasteiger partial charge in [-0.1, -0.05) is 13.8 Å². The molecule has 0 bridgehead atoms. The zero-order valence-electron chi connectivity index (χ0n) is 13.8. The zero-order valence-corrected chi connectivity index (χ0v) is 13.8. The molecule has 2 unspecified atom stereocenters. The maximum Gasteiger partial charge on any atom is 0.407 e. The van der Waals surface area contributed by atoms with Crippen LogP contribution in [0.4, 0.5) is 4.79 Å². The zero-order chi connectivity index (χ0) is 16.5. The van der Waals surface area contributed by atoms with E-state index in [2.05, 4.69) is 16.7 Å². The van der Waals surface area contributed by atoms with Crippen molar-refractivity contribution in [3.63, 3.8) is 0 Å².